The average Bonchev–Trinajstić information content (AvgIpc) is 3.02. The third kappa shape index (κ3) is 4.41. The van der Waals surface area contributed by atoms with Crippen molar-refractivity contribution >= 4 is 28.5 Å². The first-order valence-electron chi connectivity index (χ1n) is 8.20. The van der Waals surface area contributed by atoms with Crippen molar-refractivity contribution in [1.82, 2.24) is 10.2 Å². The Balaban J connectivity index is 1.66. The van der Waals surface area contributed by atoms with Crippen LogP contribution < -0.4 is 5.32 Å². The van der Waals surface area contributed by atoms with Crippen molar-refractivity contribution in [2.75, 3.05) is 20.6 Å². The fraction of sp³-hybridized carbons (Fsp3) is 0.250. The van der Waals surface area contributed by atoms with E-state index in [0.717, 1.165) is 11.8 Å². The van der Waals surface area contributed by atoms with Crippen LogP contribution in [0.25, 0.3) is 11.0 Å². The van der Waals surface area contributed by atoms with Gasteiger partial charge in [0.25, 0.3) is 5.91 Å². The van der Waals surface area contributed by atoms with Gasteiger partial charge in [-0.05, 0) is 50.3 Å². The first-order valence-corrected chi connectivity index (χ1v) is 8.58. The van der Waals surface area contributed by atoms with Crippen molar-refractivity contribution in [3.63, 3.8) is 0 Å². The smallest absolute Gasteiger partial charge is 0.287 e. The molecule has 4 nitrogen and oxygen atoms in total. The fourth-order valence-electron chi connectivity index (χ4n) is 2.75. The predicted molar refractivity (Wildman–Crippen MR) is 101 cm³/mol. The van der Waals surface area contributed by atoms with Crippen molar-refractivity contribution in [1.29, 1.82) is 0 Å². The fourth-order valence-corrected chi connectivity index (χ4v) is 2.93. The number of nitrogens with one attached hydrogen (secondary N) is 1. The zero-order chi connectivity index (χ0) is 17.8. The van der Waals surface area contributed by atoms with E-state index in [4.69, 9.17) is 16.0 Å². The van der Waals surface area contributed by atoms with E-state index >= 15 is 0 Å². The number of benzene rings is 2. The van der Waals surface area contributed by atoms with Gasteiger partial charge >= 0.3 is 0 Å². The molecule has 0 spiro atoms. The second kappa shape index (κ2) is 7.72. The van der Waals surface area contributed by atoms with Crippen LogP contribution in [0, 0.1) is 0 Å². The number of hydrogen-bond donors (Lipinski definition) is 1. The summed E-state index contributed by atoms with van der Waals surface area (Å²) in [4.78, 5) is 14.5. The zero-order valence-corrected chi connectivity index (χ0v) is 15.1. The predicted octanol–water partition coefficient (Wildman–Crippen LogP) is 3.99. The number of carbonyl (C=O) groups excluding carboxylic acids is 1. The minimum Gasteiger partial charge on any atom is -0.451 e. The minimum atomic E-state index is -0.216. The maximum Gasteiger partial charge on any atom is 0.287 e. The Morgan fingerprint density at radius 2 is 1.92 bits per heavy atom. The molecule has 3 aromatic rings. The molecule has 25 heavy (non-hydrogen) atoms. The Labute approximate surface area is 152 Å². The van der Waals surface area contributed by atoms with Gasteiger partial charge < -0.3 is 14.6 Å². The molecule has 0 aliphatic rings. The molecular formula is C20H21ClN2O2. The zero-order valence-electron chi connectivity index (χ0n) is 14.3. The lowest BCUT2D eigenvalue weighted by Crippen LogP contribution is -2.41. The molecule has 2 aromatic carbocycles. The summed E-state index contributed by atoms with van der Waals surface area (Å²) in [5, 5.41) is 4.42. The van der Waals surface area contributed by atoms with Crippen LogP contribution in [0.1, 0.15) is 16.1 Å². The molecule has 1 unspecified atom stereocenters. The number of amides is 1. The van der Waals surface area contributed by atoms with Crippen molar-refractivity contribution < 1.29 is 9.21 Å². The Kier molecular flexibility index (Phi) is 5.41. The van der Waals surface area contributed by atoms with E-state index in [1.807, 2.05) is 32.3 Å². The molecule has 1 amide bonds. The van der Waals surface area contributed by atoms with Crippen molar-refractivity contribution in [2.24, 2.45) is 0 Å². The number of hydrogen-bond acceptors (Lipinski definition) is 3. The number of halogens is 1. The highest BCUT2D eigenvalue weighted by molar-refractivity contribution is 6.31. The Morgan fingerprint density at radius 1 is 1.16 bits per heavy atom. The highest BCUT2D eigenvalue weighted by Gasteiger charge is 2.17. The summed E-state index contributed by atoms with van der Waals surface area (Å²) in [7, 11) is 4.03. The number of fused-ring (bicyclic) bond motifs is 1. The van der Waals surface area contributed by atoms with Gasteiger partial charge in [0, 0.05) is 23.0 Å². The molecule has 0 saturated carbocycles. The molecular weight excluding hydrogens is 336 g/mol. The third-order valence-corrected chi connectivity index (χ3v) is 4.48. The molecule has 0 fully saturated rings. The van der Waals surface area contributed by atoms with E-state index in [-0.39, 0.29) is 11.9 Å². The van der Waals surface area contributed by atoms with Crippen LogP contribution in [0.4, 0.5) is 0 Å². The lowest BCUT2D eigenvalue weighted by atomic mass is 10.1. The molecule has 130 valence electrons. The lowest BCUT2D eigenvalue weighted by Gasteiger charge is -2.24. The standard InChI is InChI=1S/C20H21ClN2O2/c1-23(2)17(10-14-6-4-3-5-7-14)13-22-20(24)19-12-15-11-16(21)8-9-18(15)25-19/h3-9,11-12,17H,10,13H2,1-2H3,(H,22,24). The second-order valence-corrected chi connectivity index (χ2v) is 6.75. The van der Waals surface area contributed by atoms with Crippen molar-refractivity contribution in [3.8, 4) is 0 Å². The quantitative estimate of drug-likeness (QED) is 0.726. The van der Waals surface area contributed by atoms with Crippen LogP contribution in [0.15, 0.2) is 59.0 Å². The van der Waals surface area contributed by atoms with Crippen LogP contribution in [0.2, 0.25) is 5.02 Å². The molecule has 0 aliphatic carbocycles. The monoisotopic (exact) mass is 356 g/mol. The van der Waals surface area contributed by atoms with E-state index in [2.05, 4.69) is 22.3 Å². The van der Waals surface area contributed by atoms with E-state index in [0.29, 0.717) is 22.9 Å². The summed E-state index contributed by atoms with van der Waals surface area (Å²) in [5.41, 5.74) is 1.90. The highest BCUT2D eigenvalue weighted by atomic mass is 35.5. The largest absolute Gasteiger partial charge is 0.451 e. The van der Waals surface area contributed by atoms with Gasteiger partial charge in [0.05, 0.1) is 0 Å². The van der Waals surface area contributed by atoms with Gasteiger partial charge in [-0.25, -0.2) is 0 Å². The van der Waals surface area contributed by atoms with Crippen LogP contribution in [0.3, 0.4) is 0 Å². The summed E-state index contributed by atoms with van der Waals surface area (Å²) >= 11 is 5.97. The van der Waals surface area contributed by atoms with Crippen LogP contribution in [-0.2, 0) is 6.42 Å². The van der Waals surface area contributed by atoms with Gasteiger partial charge in [0.15, 0.2) is 5.76 Å². The van der Waals surface area contributed by atoms with Gasteiger partial charge in [0.1, 0.15) is 5.58 Å². The average molecular weight is 357 g/mol. The minimum absolute atomic E-state index is 0.199. The summed E-state index contributed by atoms with van der Waals surface area (Å²) in [6, 6.07) is 17.5. The number of carbonyl (C=O) groups is 1. The van der Waals surface area contributed by atoms with E-state index in [9.17, 15) is 4.79 Å². The molecule has 1 N–H and O–H groups in total. The molecule has 0 aliphatic heterocycles. The SMILES string of the molecule is CN(C)C(CNC(=O)c1cc2cc(Cl)ccc2o1)Cc1ccccc1. The van der Waals surface area contributed by atoms with Crippen LogP contribution in [0.5, 0.6) is 0 Å². The van der Waals surface area contributed by atoms with Crippen molar-refractivity contribution in [2.45, 2.75) is 12.5 Å². The van der Waals surface area contributed by atoms with E-state index < -0.39 is 0 Å². The maximum absolute atomic E-state index is 12.4. The molecule has 0 bridgehead atoms. The van der Waals surface area contributed by atoms with Crippen LogP contribution in [-0.4, -0.2) is 37.5 Å². The first kappa shape index (κ1) is 17.5. The Morgan fingerprint density at radius 3 is 2.64 bits per heavy atom. The number of rotatable bonds is 6. The molecule has 1 aromatic heterocycles. The molecule has 0 radical (unpaired) electrons. The van der Waals surface area contributed by atoms with E-state index in [1.54, 1.807) is 24.3 Å². The van der Waals surface area contributed by atoms with E-state index in [1.165, 1.54) is 5.56 Å². The van der Waals surface area contributed by atoms with Gasteiger partial charge in [-0.2, -0.15) is 0 Å². The van der Waals surface area contributed by atoms with Gasteiger partial charge in [-0.3, -0.25) is 4.79 Å². The first-order chi connectivity index (χ1) is 12.0. The maximum atomic E-state index is 12.4. The molecule has 1 heterocycles. The van der Waals surface area contributed by atoms with Gasteiger partial charge in [-0.15, -0.1) is 0 Å². The Bertz CT molecular complexity index is 859. The third-order valence-electron chi connectivity index (χ3n) is 4.24. The highest BCUT2D eigenvalue weighted by Crippen LogP contribution is 2.23. The summed E-state index contributed by atoms with van der Waals surface area (Å²) in [5.74, 6) is 0.0849. The summed E-state index contributed by atoms with van der Waals surface area (Å²) < 4.78 is 5.61. The normalized spacial score (nSPS) is 12.5. The second-order valence-electron chi connectivity index (χ2n) is 6.31. The number of nitrogens with zero attached hydrogens (tertiary/aromatic N) is 1. The summed E-state index contributed by atoms with van der Waals surface area (Å²) in [6.45, 7) is 0.540. The summed E-state index contributed by atoms with van der Waals surface area (Å²) in [6.07, 6.45) is 0.865. The molecule has 1 atom stereocenters. The number of furan rings is 1. The molecule has 0 saturated heterocycles. The number of likely N-dealkylation sites (N-methyl/N-ethyl adjacent to an activating group) is 1. The lowest BCUT2D eigenvalue weighted by molar-refractivity contribution is 0.0916. The molecule has 3 rings (SSSR count). The Hall–Kier alpha value is -2.30. The van der Waals surface area contributed by atoms with Crippen molar-refractivity contribution in [3.05, 3.63) is 70.9 Å². The molecule has 5 heteroatoms. The van der Waals surface area contributed by atoms with Gasteiger partial charge in [-0.1, -0.05) is 41.9 Å². The topological polar surface area (TPSA) is 45.5 Å². The van der Waals surface area contributed by atoms with Gasteiger partial charge in [0.2, 0.25) is 0 Å². The van der Waals surface area contributed by atoms with Crippen LogP contribution >= 0.6 is 11.6 Å².